The molecule has 4 rings (SSSR count). The molecule has 0 heterocycles. The molecule has 7 nitrogen and oxygen atoms in total. The smallest absolute Gasteiger partial charge is 0.264 e. The lowest BCUT2D eigenvalue weighted by atomic mass is 10.0. The number of nitrogens with zero attached hydrogens (tertiary/aromatic N) is 2. The molecule has 0 aliphatic heterocycles. The number of nitrogens with one attached hydrogen (secondary N) is 1. The van der Waals surface area contributed by atoms with Crippen LogP contribution in [0.1, 0.15) is 16.7 Å². The summed E-state index contributed by atoms with van der Waals surface area (Å²) in [5, 5.41) is 2.96. The van der Waals surface area contributed by atoms with Crippen LogP contribution >= 0.6 is 11.6 Å². The fourth-order valence-corrected chi connectivity index (χ4v) is 6.11. The van der Waals surface area contributed by atoms with Crippen LogP contribution in [0.5, 0.6) is 0 Å². The molecule has 1 atom stereocenters. The van der Waals surface area contributed by atoms with Crippen LogP contribution in [0.25, 0.3) is 0 Å². The average molecular weight is 608 g/mol. The molecular weight excluding hydrogens is 577 g/mol. The molecule has 0 saturated carbocycles. The van der Waals surface area contributed by atoms with Crippen LogP contribution in [-0.2, 0) is 32.6 Å². The van der Waals surface area contributed by atoms with Gasteiger partial charge in [-0.3, -0.25) is 13.9 Å². The average Bonchev–Trinajstić information content (AvgIpc) is 2.98. The summed E-state index contributed by atoms with van der Waals surface area (Å²) >= 11 is 6.00. The number of aryl methyl sites for hydroxylation is 1. The number of hydrogen-bond donors (Lipinski definition) is 1. The molecule has 0 bridgehead atoms. The first-order valence-corrected chi connectivity index (χ1v) is 15.1. The summed E-state index contributed by atoms with van der Waals surface area (Å²) in [7, 11) is -2.80. The van der Waals surface area contributed by atoms with Gasteiger partial charge in [-0.15, -0.1) is 0 Å². The minimum absolute atomic E-state index is 0.0611. The molecule has 0 fully saturated rings. The van der Waals surface area contributed by atoms with E-state index in [1.165, 1.54) is 54.4 Å². The van der Waals surface area contributed by atoms with Crippen molar-refractivity contribution in [2.24, 2.45) is 0 Å². The van der Waals surface area contributed by atoms with Crippen LogP contribution in [0.15, 0.2) is 108 Å². The van der Waals surface area contributed by atoms with E-state index < -0.39 is 40.2 Å². The fraction of sp³-hybridized carbons (Fsp3) is 0.188. The van der Waals surface area contributed by atoms with Gasteiger partial charge in [0, 0.05) is 30.6 Å². The molecule has 1 N–H and O–H groups in total. The molecule has 0 unspecified atom stereocenters. The largest absolute Gasteiger partial charge is 0.357 e. The molecule has 2 amide bonds. The van der Waals surface area contributed by atoms with Crippen LogP contribution in [0.2, 0.25) is 5.02 Å². The van der Waals surface area contributed by atoms with Crippen molar-refractivity contribution in [2.75, 3.05) is 17.9 Å². The van der Waals surface area contributed by atoms with Crippen molar-refractivity contribution in [3.8, 4) is 0 Å². The second-order valence-corrected chi connectivity index (χ2v) is 12.0. The Balaban J connectivity index is 1.80. The minimum atomic E-state index is -4.26. The van der Waals surface area contributed by atoms with Crippen molar-refractivity contribution in [1.29, 1.82) is 0 Å². The van der Waals surface area contributed by atoms with E-state index in [2.05, 4.69) is 5.32 Å². The molecule has 0 aliphatic carbocycles. The topological polar surface area (TPSA) is 86.8 Å². The highest BCUT2D eigenvalue weighted by molar-refractivity contribution is 7.92. The first-order chi connectivity index (χ1) is 20.1. The molecule has 0 spiro atoms. The molecule has 42 heavy (non-hydrogen) atoms. The van der Waals surface area contributed by atoms with E-state index in [0.717, 1.165) is 15.4 Å². The van der Waals surface area contributed by atoms with Gasteiger partial charge in [-0.25, -0.2) is 12.8 Å². The van der Waals surface area contributed by atoms with Crippen molar-refractivity contribution >= 4 is 39.1 Å². The fourth-order valence-electron chi connectivity index (χ4n) is 4.58. The first kappa shape index (κ1) is 30.7. The van der Waals surface area contributed by atoms with Gasteiger partial charge >= 0.3 is 0 Å². The second kappa shape index (κ2) is 13.6. The molecule has 4 aromatic rings. The van der Waals surface area contributed by atoms with Gasteiger partial charge in [-0.1, -0.05) is 72.3 Å². The molecule has 0 aliphatic rings. The predicted molar refractivity (Wildman–Crippen MR) is 162 cm³/mol. The Morgan fingerprint density at radius 3 is 2.21 bits per heavy atom. The van der Waals surface area contributed by atoms with Gasteiger partial charge in [0.2, 0.25) is 11.8 Å². The van der Waals surface area contributed by atoms with Gasteiger partial charge in [-0.05, 0) is 60.5 Å². The van der Waals surface area contributed by atoms with Crippen molar-refractivity contribution in [3.05, 3.63) is 131 Å². The Morgan fingerprint density at radius 2 is 1.57 bits per heavy atom. The number of anilines is 1. The van der Waals surface area contributed by atoms with E-state index >= 15 is 0 Å². The van der Waals surface area contributed by atoms with E-state index in [-0.39, 0.29) is 29.1 Å². The molecule has 0 aromatic heterocycles. The maximum atomic E-state index is 14.8. The summed E-state index contributed by atoms with van der Waals surface area (Å²) in [6, 6.07) is 26.4. The normalized spacial score (nSPS) is 11.9. The molecule has 218 valence electrons. The molecule has 4 aromatic carbocycles. The lowest BCUT2D eigenvalue weighted by molar-refractivity contribution is -0.139. The van der Waals surface area contributed by atoms with Crippen LogP contribution in [0, 0.1) is 12.7 Å². The highest BCUT2D eigenvalue weighted by atomic mass is 35.5. The predicted octanol–water partition coefficient (Wildman–Crippen LogP) is 5.37. The SMILES string of the molecule is CNC(=O)[C@@H](Cc1ccccc1)N(Cc1ccccc1F)C(=O)CN(c1cccc(C)c1)S(=O)(=O)c1ccc(Cl)cc1. The van der Waals surface area contributed by atoms with Crippen LogP contribution < -0.4 is 9.62 Å². The van der Waals surface area contributed by atoms with Crippen molar-refractivity contribution in [3.63, 3.8) is 0 Å². The second-order valence-electron chi connectivity index (χ2n) is 9.74. The molecule has 10 heteroatoms. The number of amides is 2. The number of hydrogen-bond acceptors (Lipinski definition) is 4. The number of likely N-dealkylation sites (N-methyl/N-ethyl adjacent to an activating group) is 1. The third kappa shape index (κ3) is 7.35. The lowest BCUT2D eigenvalue weighted by Crippen LogP contribution is -2.53. The van der Waals surface area contributed by atoms with Gasteiger partial charge < -0.3 is 10.2 Å². The summed E-state index contributed by atoms with van der Waals surface area (Å²) in [6.07, 6.45) is 0.134. The van der Waals surface area contributed by atoms with E-state index in [1.807, 2.05) is 43.3 Å². The first-order valence-electron chi connectivity index (χ1n) is 13.2. The third-order valence-electron chi connectivity index (χ3n) is 6.79. The van der Waals surface area contributed by atoms with E-state index in [4.69, 9.17) is 11.6 Å². The van der Waals surface area contributed by atoms with Crippen LogP contribution in [0.4, 0.5) is 10.1 Å². The van der Waals surface area contributed by atoms with Gasteiger partial charge in [0.15, 0.2) is 0 Å². The van der Waals surface area contributed by atoms with Crippen molar-refractivity contribution < 1.29 is 22.4 Å². The zero-order valence-corrected chi connectivity index (χ0v) is 24.8. The quantitative estimate of drug-likeness (QED) is 0.248. The Kier molecular flexibility index (Phi) is 9.98. The highest BCUT2D eigenvalue weighted by Gasteiger charge is 2.34. The monoisotopic (exact) mass is 607 g/mol. The molecule has 0 radical (unpaired) electrons. The number of carbonyl (C=O) groups excluding carboxylic acids is 2. The zero-order chi connectivity index (χ0) is 30.3. The summed E-state index contributed by atoms with van der Waals surface area (Å²) in [6.45, 7) is 0.925. The maximum Gasteiger partial charge on any atom is 0.264 e. The van der Waals surface area contributed by atoms with Gasteiger partial charge in [-0.2, -0.15) is 0 Å². The van der Waals surface area contributed by atoms with E-state index in [0.29, 0.717) is 5.02 Å². The van der Waals surface area contributed by atoms with Crippen LogP contribution in [0.3, 0.4) is 0 Å². The number of halogens is 2. The number of sulfonamides is 1. The Morgan fingerprint density at radius 1 is 0.905 bits per heavy atom. The Hall–Kier alpha value is -4.21. The minimum Gasteiger partial charge on any atom is -0.357 e. The Bertz CT molecular complexity index is 1650. The maximum absolute atomic E-state index is 14.8. The molecule has 0 saturated heterocycles. The highest BCUT2D eigenvalue weighted by Crippen LogP contribution is 2.27. The number of rotatable bonds is 11. The zero-order valence-electron chi connectivity index (χ0n) is 23.2. The van der Waals surface area contributed by atoms with Gasteiger partial charge in [0.05, 0.1) is 10.6 Å². The molecular formula is C32H31ClFN3O4S. The van der Waals surface area contributed by atoms with E-state index in [9.17, 15) is 22.4 Å². The van der Waals surface area contributed by atoms with Gasteiger partial charge in [0.1, 0.15) is 18.4 Å². The lowest BCUT2D eigenvalue weighted by Gasteiger charge is -2.33. The van der Waals surface area contributed by atoms with E-state index in [1.54, 1.807) is 24.3 Å². The summed E-state index contributed by atoms with van der Waals surface area (Å²) in [4.78, 5) is 28.6. The number of carbonyl (C=O) groups is 2. The van der Waals surface area contributed by atoms with Gasteiger partial charge in [0.25, 0.3) is 10.0 Å². The van der Waals surface area contributed by atoms with Crippen LogP contribution in [-0.4, -0.2) is 44.8 Å². The standard InChI is InChI=1S/C32H31ClFN3O4S/c1-23-9-8-13-27(19-23)37(42(40,41)28-17-15-26(33)16-18-28)22-31(38)36(21-25-12-6-7-14-29(25)34)30(32(39)35-2)20-24-10-4-3-5-11-24/h3-19,30H,20-22H2,1-2H3,(H,35,39)/t30-/m1/s1. The Labute approximate surface area is 250 Å². The third-order valence-corrected chi connectivity index (χ3v) is 8.83. The number of benzene rings is 4. The summed E-state index contributed by atoms with van der Waals surface area (Å²) in [5.74, 6) is -1.69. The summed E-state index contributed by atoms with van der Waals surface area (Å²) in [5.41, 5.74) is 2.02. The summed E-state index contributed by atoms with van der Waals surface area (Å²) < 4.78 is 43.7. The van der Waals surface area contributed by atoms with Crippen molar-refractivity contribution in [2.45, 2.75) is 30.8 Å². The van der Waals surface area contributed by atoms with Crippen molar-refractivity contribution in [1.82, 2.24) is 10.2 Å².